The van der Waals surface area contributed by atoms with Gasteiger partial charge in [-0.3, -0.25) is 9.59 Å². The van der Waals surface area contributed by atoms with Gasteiger partial charge < -0.3 is 28.5 Å². The number of ether oxygens (including phenoxy) is 4. The number of rotatable bonds is 69. The van der Waals surface area contributed by atoms with E-state index in [1.807, 2.05) is 21.1 Å². The second-order valence-corrected chi connectivity index (χ2v) is 26.2. The molecule has 0 radical (unpaired) electrons. The summed E-state index contributed by atoms with van der Waals surface area (Å²) in [6.07, 6.45) is 93.9. The van der Waals surface area contributed by atoms with Crippen molar-refractivity contribution in [2.45, 2.75) is 347 Å². The molecule has 0 aromatic carbocycles. The van der Waals surface area contributed by atoms with Gasteiger partial charge in [0.05, 0.1) is 34.4 Å². The molecule has 0 amide bonds. The zero-order valence-electron chi connectivity index (χ0n) is 58.8. The molecule has 0 bridgehead atoms. The summed E-state index contributed by atoms with van der Waals surface area (Å²) in [4.78, 5) is 37.7. The topological polar surface area (TPSA) is 108 Å². The zero-order valence-corrected chi connectivity index (χ0v) is 58.8. The van der Waals surface area contributed by atoms with Crippen molar-refractivity contribution < 1.29 is 42.9 Å². The number of unbranched alkanes of at least 4 members (excludes halogenated alkanes) is 38. The van der Waals surface area contributed by atoms with Crippen LogP contribution in [0.1, 0.15) is 335 Å². The van der Waals surface area contributed by atoms with Crippen LogP contribution in [0.15, 0.2) is 97.2 Å². The first kappa shape index (κ1) is 85.2. The number of carbonyl (C=O) groups is 3. The molecular formula is C80H142NO8+. The summed E-state index contributed by atoms with van der Waals surface area (Å²) >= 11 is 0. The van der Waals surface area contributed by atoms with Crippen molar-refractivity contribution in [1.29, 1.82) is 0 Å². The number of carboxylic acid groups (broad SMARTS) is 1. The summed E-state index contributed by atoms with van der Waals surface area (Å²) in [5, 5.41) is 9.76. The van der Waals surface area contributed by atoms with Gasteiger partial charge in [0, 0.05) is 12.8 Å². The largest absolute Gasteiger partial charge is 0.477 e. The Hall–Kier alpha value is -3.79. The van der Waals surface area contributed by atoms with E-state index >= 15 is 0 Å². The fourth-order valence-electron chi connectivity index (χ4n) is 10.7. The third kappa shape index (κ3) is 71.5. The summed E-state index contributed by atoms with van der Waals surface area (Å²) in [5.41, 5.74) is 0. The van der Waals surface area contributed by atoms with Crippen LogP contribution < -0.4 is 0 Å². The van der Waals surface area contributed by atoms with E-state index in [4.69, 9.17) is 18.9 Å². The Morgan fingerprint density at radius 1 is 0.348 bits per heavy atom. The molecule has 0 spiro atoms. The van der Waals surface area contributed by atoms with Crippen LogP contribution in [-0.2, 0) is 33.3 Å². The minimum Gasteiger partial charge on any atom is -0.477 e. The summed E-state index contributed by atoms with van der Waals surface area (Å²) in [5.74, 6) is -2.01. The van der Waals surface area contributed by atoms with E-state index in [-0.39, 0.29) is 32.2 Å². The SMILES string of the molecule is CC/C=C\C/C=C\C/C=C\C/C=C\C/C=C\C/C=C\C/C=C\C/C=C\CCCCCCCCCCC(=O)OC(COC(=O)CCCCCCCCCCCCCCCCCCCCCCCCCCCCCCCCC)COC(OCC[N+](C)(C)C)C(=O)O. The maximum Gasteiger partial charge on any atom is 0.361 e. The zero-order chi connectivity index (χ0) is 64.7. The van der Waals surface area contributed by atoms with Gasteiger partial charge in [-0.05, 0) is 77.0 Å². The molecule has 2 unspecified atom stereocenters. The smallest absolute Gasteiger partial charge is 0.361 e. The Morgan fingerprint density at radius 2 is 0.640 bits per heavy atom. The van der Waals surface area contributed by atoms with E-state index in [1.54, 1.807) is 0 Å². The van der Waals surface area contributed by atoms with Gasteiger partial charge in [0.15, 0.2) is 6.10 Å². The van der Waals surface area contributed by atoms with Gasteiger partial charge in [-0.2, -0.15) is 0 Å². The lowest BCUT2D eigenvalue weighted by molar-refractivity contribution is -0.870. The van der Waals surface area contributed by atoms with Crippen LogP contribution in [0.2, 0.25) is 0 Å². The van der Waals surface area contributed by atoms with Crippen LogP contribution in [0.3, 0.4) is 0 Å². The number of hydrogen-bond acceptors (Lipinski definition) is 7. The third-order valence-corrected chi connectivity index (χ3v) is 16.4. The summed E-state index contributed by atoms with van der Waals surface area (Å²) < 4.78 is 23.0. The highest BCUT2D eigenvalue weighted by Gasteiger charge is 2.25. The van der Waals surface area contributed by atoms with E-state index in [9.17, 15) is 19.5 Å². The minimum atomic E-state index is -1.52. The van der Waals surface area contributed by atoms with Crippen LogP contribution in [0.5, 0.6) is 0 Å². The quantitative estimate of drug-likeness (QED) is 0.0211. The van der Waals surface area contributed by atoms with E-state index in [2.05, 4.69) is 111 Å². The maximum absolute atomic E-state index is 13.0. The van der Waals surface area contributed by atoms with Crippen LogP contribution in [0.4, 0.5) is 0 Å². The molecule has 0 rings (SSSR count). The molecule has 0 aliphatic heterocycles. The number of esters is 2. The lowest BCUT2D eigenvalue weighted by atomic mass is 10.0. The fraction of sp³-hybridized carbons (Fsp3) is 0.762. The molecule has 0 fully saturated rings. The Bertz CT molecular complexity index is 1790. The van der Waals surface area contributed by atoms with E-state index in [0.29, 0.717) is 23.9 Å². The molecule has 514 valence electrons. The standard InChI is InChI=1S/C80H141NO8/c1-6-8-10-12-14-16-18-20-22-24-26-28-30-32-34-36-38-39-41-43-45-47-49-51-53-55-57-59-61-63-65-67-69-71-78(83)89-76(75-88-80(79(84)85)86-73-72-81(3,4)5)74-87-77(82)70-68-66-64-62-60-58-56-54-52-50-48-46-44-42-40-37-35-33-31-29-27-25-23-21-19-17-15-13-11-9-7-2/h8,10,14,16,20,22,26,28,32,34,38-39,43,45,49,51,76,80H,6-7,9,11-13,15,17-19,21,23-25,27,29-31,33,35-37,40-42,44,46-48,50,52-75H2,1-5H3/p+1/b10-8-,16-14-,22-20-,28-26-,34-32-,39-38-,45-43-,51-49-. The highest BCUT2D eigenvalue weighted by molar-refractivity contribution is 5.71. The molecule has 1 N–H and O–H groups in total. The molecule has 0 aromatic rings. The third-order valence-electron chi connectivity index (χ3n) is 16.4. The van der Waals surface area contributed by atoms with Crippen molar-refractivity contribution in [1.82, 2.24) is 0 Å². The number of likely N-dealkylation sites (N-methyl/N-ethyl adjacent to an activating group) is 1. The average molecular weight is 1250 g/mol. The van der Waals surface area contributed by atoms with Gasteiger partial charge in [0.1, 0.15) is 13.2 Å². The Kier molecular flexibility index (Phi) is 67.1. The average Bonchev–Trinajstić information content (AvgIpc) is 3.64. The second kappa shape index (κ2) is 70.1. The molecule has 9 nitrogen and oxygen atoms in total. The van der Waals surface area contributed by atoms with Gasteiger partial charge >= 0.3 is 17.9 Å². The van der Waals surface area contributed by atoms with Crippen molar-refractivity contribution in [3.05, 3.63) is 97.2 Å². The summed E-state index contributed by atoms with van der Waals surface area (Å²) in [7, 11) is 5.98. The van der Waals surface area contributed by atoms with Crippen LogP contribution in [0, 0.1) is 0 Å². The van der Waals surface area contributed by atoms with Gasteiger partial charge in [0.2, 0.25) is 0 Å². The van der Waals surface area contributed by atoms with Gasteiger partial charge in [-0.15, -0.1) is 0 Å². The summed E-state index contributed by atoms with van der Waals surface area (Å²) in [6, 6.07) is 0. The normalized spacial score (nSPS) is 13.2. The van der Waals surface area contributed by atoms with Crippen LogP contribution in [-0.4, -0.2) is 87.4 Å². The number of quaternary nitrogens is 1. The number of carbonyl (C=O) groups excluding carboxylic acids is 2. The molecule has 0 saturated carbocycles. The fourth-order valence-corrected chi connectivity index (χ4v) is 10.7. The number of aliphatic carboxylic acids is 1. The van der Waals surface area contributed by atoms with Crippen LogP contribution in [0.25, 0.3) is 0 Å². The van der Waals surface area contributed by atoms with Gasteiger partial charge in [-0.1, -0.05) is 342 Å². The number of carboxylic acids is 1. The predicted octanol–water partition coefficient (Wildman–Crippen LogP) is 23.6. The Labute approximate surface area is 550 Å². The number of allylic oxidation sites excluding steroid dienone is 16. The molecule has 0 aromatic heterocycles. The highest BCUT2D eigenvalue weighted by Crippen LogP contribution is 2.19. The van der Waals surface area contributed by atoms with Crippen molar-refractivity contribution in [2.24, 2.45) is 0 Å². The first-order valence-electron chi connectivity index (χ1n) is 37.4. The minimum absolute atomic E-state index is 0.183. The van der Waals surface area contributed by atoms with Crippen molar-refractivity contribution >= 4 is 17.9 Å². The number of hydrogen-bond donors (Lipinski definition) is 1. The van der Waals surface area contributed by atoms with Crippen molar-refractivity contribution in [3.63, 3.8) is 0 Å². The molecule has 89 heavy (non-hydrogen) atoms. The summed E-state index contributed by atoms with van der Waals surface area (Å²) in [6.45, 7) is 4.80. The molecule has 0 heterocycles. The molecule has 0 saturated heterocycles. The van der Waals surface area contributed by atoms with Gasteiger partial charge in [0.25, 0.3) is 6.29 Å². The van der Waals surface area contributed by atoms with Crippen LogP contribution >= 0.6 is 0 Å². The Morgan fingerprint density at radius 3 is 0.955 bits per heavy atom. The van der Waals surface area contributed by atoms with E-state index in [1.165, 1.54) is 205 Å². The first-order valence-corrected chi connectivity index (χ1v) is 37.4. The molecule has 9 heteroatoms. The monoisotopic (exact) mass is 1250 g/mol. The highest BCUT2D eigenvalue weighted by atomic mass is 16.7. The first-order chi connectivity index (χ1) is 43.6. The molecule has 2 atom stereocenters. The van der Waals surface area contributed by atoms with Gasteiger partial charge in [-0.25, -0.2) is 4.79 Å². The maximum atomic E-state index is 13.0. The molecule has 0 aliphatic carbocycles. The lowest BCUT2D eigenvalue weighted by Crippen LogP contribution is -2.40. The van der Waals surface area contributed by atoms with Crippen molar-refractivity contribution in [3.8, 4) is 0 Å². The van der Waals surface area contributed by atoms with E-state index < -0.39 is 24.3 Å². The lowest BCUT2D eigenvalue weighted by Gasteiger charge is -2.25. The van der Waals surface area contributed by atoms with Crippen molar-refractivity contribution in [2.75, 3.05) is 47.5 Å². The number of nitrogens with zero attached hydrogens (tertiary/aromatic N) is 1. The molecular weight excluding hydrogens is 1100 g/mol. The predicted molar refractivity (Wildman–Crippen MR) is 382 cm³/mol. The van der Waals surface area contributed by atoms with E-state index in [0.717, 1.165) is 96.3 Å². The Balaban J connectivity index is 4.11. The second-order valence-electron chi connectivity index (χ2n) is 26.2. The molecule has 0 aliphatic rings.